The maximum Gasteiger partial charge on any atom is 0.409 e. The molecule has 0 saturated carbocycles. The van der Waals surface area contributed by atoms with Gasteiger partial charge in [0.25, 0.3) is 0 Å². The zero-order valence-corrected chi connectivity index (χ0v) is 14.9. The molecular weight excluding hydrogens is 323 g/mol. The minimum atomic E-state index is -0.253. The van der Waals surface area contributed by atoms with E-state index < -0.39 is 0 Å². The predicted octanol–water partition coefficient (Wildman–Crippen LogP) is 2.50. The Morgan fingerprint density at radius 1 is 1.36 bits per heavy atom. The number of rotatable bonds is 5. The number of guanidine groups is 1. The van der Waals surface area contributed by atoms with Crippen LogP contribution in [0.3, 0.4) is 0 Å². The first-order valence-corrected chi connectivity index (χ1v) is 8.83. The average molecular weight is 350 g/mol. The molecule has 1 fully saturated rings. The number of likely N-dealkylation sites (tertiary alicyclic amines) is 1. The SMILES string of the molecule is CCNC(=NCc1cccc(F)c1)NC1CCN(C(=O)OCC)CC1. The molecule has 0 aromatic heterocycles. The van der Waals surface area contributed by atoms with Gasteiger partial charge in [-0.05, 0) is 44.4 Å². The summed E-state index contributed by atoms with van der Waals surface area (Å²) in [4.78, 5) is 18.0. The number of aliphatic imine (C=N–C) groups is 1. The lowest BCUT2D eigenvalue weighted by molar-refractivity contribution is 0.0963. The van der Waals surface area contributed by atoms with Crippen LogP contribution in [0.4, 0.5) is 9.18 Å². The molecular formula is C18H27FN4O2. The van der Waals surface area contributed by atoms with Gasteiger partial charge >= 0.3 is 6.09 Å². The molecule has 1 heterocycles. The number of hydrogen-bond donors (Lipinski definition) is 2. The Bertz CT molecular complexity index is 586. The monoisotopic (exact) mass is 350 g/mol. The van der Waals surface area contributed by atoms with E-state index in [4.69, 9.17) is 4.74 Å². The third-order valence-electron chi connectivity index (χ3n) is 4.01. The predicted molar refractivity (Wildman–Crippen MR) is 96.0 cm³/mol. The molecule has 0 aliphatic carbocycles. The van der Waals surface area contributed by atoms with Crippen LogP contribution in [0.5, 0.6) is 0 Å². The fourth-order valence-corrected chi connectivity index (χ4v) is 2.74. The van der Waals surface area contributed by atoms with E-state index in [0.717, 1.165) is 24.9 Å². The van der Waals surface area contributed by atoms with Gasteiger partial charge in [0.1, 0.15) is 5.82 Å². The van der Waals surface area contributed by atoms with Crippen LogP contribution in [0.15, 0.2) is 29.3 Å². The lowest BCUT2D eigenvalue weighted by Crippen LogP contribution is -2.49. The maximum absolute atomic E-state index is 13.2. The van der Waals surface area contributed by atoms with Crippen molar-refractivity contribution in [1.82, 2.24) is 15.5 Å². The van der Waals surface area contributed by atoms with E-state index in [9.17, 15) is 9.18 Å². The fraction of sp³-hybridized carbons (Fsp3) is 0.556. The van der Waals surface area contributed by atoms with Crippen LogP contribution in [0.1, 0.15) is 32.3 Å². The van der Waals surface area contributed by atoms with Gasteiger partial charge in [0, 0.05) is 25.7 Å². The van der Waals surface area contributed by atoms with Gasteiger partial charge in [-0.3, -0.25) is 0 Å². The number of nitrogens with zero attached hydrogens (tertiary/aromatic N) is 2. The molecule has 1 saturated heterocycles. The number of amides is 1. The Balaban J connectivity index is 1.87. The first kappa shape index (κ1) is 19.0. The number of piperidine rings is 1. The molecule has 138 valence electrons. The van der Waals surface area contributed by atoms with Crippen molar-refractivity contribution in [2.75, 3.05) is 26.2 Å². The molecule has 1 aliphatic heterocycles. The second-order valence-corrected chi connectivity index (χ2v) is 5.93. The van der Waals surface area contributed by atoms with Crippen molar-refractivity contribution in [2.45, 2.75) is 39.3 Å². The minimum Gasteiger partial charge on any atom is -0.450 e. The number of nitrogens with one attached hydrogen (secondary N) is 2. The van der Waals surface area contributed by atoms with Crippen LogP contribution in [-0.4, -0.2) is 49.2 Å². The molecule has 7 heteroatoms. The summed E-state index contributed by atoms with van der Waals surface area (Å²) in [7, 11) is 0. The number of benzene rings is 1. The van der Waals surface area contributed by atoms with Crippen molar-refractivity contribution in [3.8, 4) is 0 Å². The molecule has 1 aromatic carbocycles. The lowest BCUT2D eigenvalue weighted by atomic mass is 10.1. The van der Waals surface area contributed by atoms with Crippen LogP contribution in [0.25, 0.3) is 0 Å². The van der Waals surface area contributed by atoms with E-state index in [1.807, 2.05) is 19.9 Å². The molecule has 0 bridgehead atoms. The number of halogens is 1. The Morgan fingerprint density at radius 3 is 2.76 bits per heavy atom. The van der Waals surface area contributed by atoms with Crippen LogP contribution >= 0.6 is 0 Å². The first-order valence-electron chi connectivity index (χ1n) is 8.83. The zero-order chi connectivity index (χ0) is 18.1. The smallest absolute Gasteiger partial charge is 0.409 e. The number of carbonyl (C=O) groups excluding carboxylic acids is 1. The molecule has 2 rings (SSSR count). The lowest BCUT2D eigenvalue weighted by Gasteiger charge is -2.32. The number of ether oxygens (including phenoxy) is 1. The van der Waals surface area contributed by atoms with Crippen molar-refractivity contribution < 1.29 is 13.9 Å². The van der Waals surface area contributed by atoms with Gasteiger partial charge in [-0.1, -0.05) is 12.1 Å². The Kier molecular flexibility index (Phi) is 7.50. The van der Waals surface area contributed by atoms with Gasteiger partial charge in [-0.25, -0.2) is 14.2 Å². The molecule has 2 N–H and O–H groups in total. The summed E-state index contributed by atoms with van der Waals surface area (Å²) in [5.74, 6) is 0.457. The number of carbonyl (C=O) groups is 1. The summed E-state index contributed by atoms with van der Waals surface area (Å²) >= 11 is 0. The largest absolute Gasteiger partial charge is 0.450 e. The Morgan fingerprint density at radius 2 is 2.12 bits per heavy atom. The Hall–Kier alpha value is -2.31. The van der Waals surface area contributed by atoms with Crippen molar-refractivity contribution in [1.29, 1.82) is 0 Å². The molecule has 0 atom stereocenters. The summed E-state index contributed by atoms with van der Waals surface area (Å²) < 4.78 is 18.3. The highest BCUT2D eigenvalue weighted by Crippen LogP contribution is 2.12. The van der Waals surface area contributed by atoms with E-state index in [0.29, 0.717) is 32.2 Å². The van der Waals surface area contributed by atoms with Crippen molar-refractivity contribution in [3.63, 3.8) is 0 Å². The second-order valence-electron chi connectivity index (χ2n) is 5.93. The van der Waals surface area contributed by atoms with E-state index in [1.165, 1.54) is 12.1 Å². The molecule has 1 aromatic rings. The topological polar surface area (TPSA) is 66.0 Å². The number of hydrogen-bond acceptors (Lipinski definition) is 3. The van der Waals surface area contributed by atoms with Gasteiger partial charge in [0.2, 0.25) is 0 Å². The Labute approximate surface area is 148 Å². The summed E-state index contributed by atoms with van der Waals surface area (Å²) in [6.07, 6.45) is 1.43. The van der Waals surface area contributed by atoms with Crippen molar-refractivity contribution >= 4 is 12.1 Å². The van der Waals surface area contributed by atoms with Crippen LogP contribution in [0, 0.1) is 5.82 Å². The molecule has 0 radical (unpaired) electrons. The first-order chi connectivity index (χ1) is 12.1. The highest BCUT2D eigenvalue weighted by Gasteiger charge is 2.23. The third kappa shape index (κ3) is 6.25. The minimum absolute atomic E-state index is 0.243. The van der Waals surface area contributed by atoms with Gasteiger partial charge < -0.3 is 20.3 Å². The second kappa shape index (κ2) is 9.86. The maximum atomic E-state index is 13.2. The van der Waals surface area contributed by atoms with Gasteiger partial charge in [0.05, 0.1) is 13.2 Å². The molecule has 0 spiro atoms. The highest BCUT2D eigenvalue weighted by atomic mass is 19.1. The van der Waals surface area contributed by atoms with Gasteiger partial charge in [-0.2, -0.15) is 0 Å². The van der Waals surface area contributed by atoms with Crippen molar-refractivity contribution in [3.05, 3.63) is 35.6 Å². The summed E-state index contributed by atoms with van der Waals surface area (Å²) in [5.41, 5.74) is 0.828. The van der Waals surface area contributed by atoms with Crippen LogP contribution in [0.2, 0.25) is 0 Å². The summed E-state index contributed by atoms with van der Waals surface area (Å²) in [6, 6.07) is 6.70. The highest BCUT2D eigenvalue weighted by molar-refractivity contribution is 5.80. The van der Waals surface area contributed by atoms with Crippen LogP contribution in [-0.2, 0) is 11.3 Å². The van der Waals surface area contributed by atoms with E-state index >= 15 is 0 Å². The van der Waals surface area contributed by atoms with E-state index in [2.05, 4.69) is 15.6 Å². The zero-order valence-electron chi connectivity index (χ0n) is 14.9. The fourth-order valence-electron chi connectivity index (χ4n) is 2.74. The molecule has 1 amide bonds. The van der Waals surface area contributed by atoms with Gasteiger partial charge in [0.15, 0.2) is 5.96 Å². The third-order valence-corrected chi connectivity index (χ3v) is 4.01. The van der Waals surface area contributed by atoms with Crippen molar-refractivity contribution in [2.24, 2.45) is 4.99 Å². The molecule has 1 aliphatic rings. The summed E-state index contributed by atoms with van der Waals surface area (Å²) in [5, 5.41) is 6.61. The average Bonchev–Trinajstić information content (AvgIpc) is 2.61. The quantitative estimate of drug-likeness (QED) is 0.633. The molecule has 0 unspecified atom stereocenters. The van der Waals surface area contributed by atoms with Crippen LogP contribution < -0.4 is 10.6 Å². The normalized spacial score (nSPS) is 15.8. The molecule has 6 nitrogen and oxygen atoms in total. The standard InChI is InChI=1S/C18H27FN4O2/c1-3-20-17(21-13-14-6-5-7-15(19)12-14)22-16-8-10-23(11-9-16)18(24)25-4-2/h5-7,12,16H,3-4,8-11,13H2,1-2H3,(H2,20,21,22). The van der Waals surface area contributed by atoms with Gasteiger partial charge in [-0.15, -0.1) is 0 Å². The van der Waals surface area contributed by atoms with E-state index in [1.54, 1.807) is 11.0 Å². The molecule has 25 heavy (non-hydrogen) atoms. The van der Waals surface area contributed by atoms with E-state index in [-0.39, 0.29) is 18.0 Å². The summed E-state index contributed by atoms with van der Waals surface area (Å²) in [6.45, 7) is 6.70.